The predicted octanol–water partition coefficient (Wildman–Crippen LogP) is 14.4. The summed E-state index contributed by atoms with van der Waals surface area (Å²) in [7, 11) is 0. The van der Waals surface area contributed by atoms with Crippen LogP contribution in [0.25, 0.3) is 0 Å². The molecule has 0 amide bonds. The maximum absolute atomic E-state index is 11.0. The van der Waals surface area contributed by atoms with E-state index < -0.39 is 23.9 Å². The molecule has 0 fully saturated rings. The molecule has 2 radical (unpaired) electrons. The van der Waals surface area contributed by atoms with E-state index >= 15 is 0 Å². The molecule has 9 heteroatoms. The van der Waals surface area contributed by atoms with Gasteiger partial charge in [0.15, 0.2) is 0 Å². The second-order valence-electron chi connectivity index (χ2n) is 15.3. The average Bonchev–Trinajstić information content (AvgIpc) is 3.19. The molecule has 0 aromatic heterocycles. The summed E-state index contributed by atoms with van der Waals surface area (Å²) in [4.78, 5) is 42.4. The Morgan fingerprint density at radius 2 is 0.579 bits per heavy atom. The van der Waals surface area contributed by atoms with Crippen LogP contribution >= 0.6 is 0 Å². The Morgan fingerprint density at radius 1 is 0.351 bits per heavy atom. The number of carboxylic acid groups (broad SMARTS) is 2. The van der Waals surface area contributed by atoms with Crippen molar-refractivity contribution in [1.82, 2.24) is 0 Å². The SMILES string of the molecule is CCCCCCCCCCCCOC(=O)/C=C\C(=O)O.CCCCCCCCCCCCOC(=O)/C=C\C(=O)O.CCCCCCC[CH2][Sn][CH2]CCCCCCC. The summed E-state index contributed by atoms with van der Waals surface area (Å²) in [6.45, 7) is 9.80. The molecule has 2 N–H and O–H groups in total. The molecule has 0 aromatic rings. The van der Waals surface area contributed by atoms with E-state index in [4.69, 9.17) is 19.7 Å². The minimum atomic E-state index is -1.14. The van der Waals surface area contributed by atoms with Crippen LogP contribution in [0.15, 0.2) is 24.3 Å². The Kier molecular flexibility index (Phi) is 56.5. The van der Waals surface area contributed by atoms with E-state index in [1.807, 2.05) is 0 Å². The van der Waals surface area contributed by atoms with E-state index in [-0.39, 0.29) is 21.1 Å². The van der Waals surface area contributed by atoms with Crippen LogP contribution in [0, 0.1) is 0 Å². The van der Waals surface area contributed by atoms with Gasteiger partial charge in [0.2, 0.25) is 0 Å². The number of hydrogen-bond acceptors (Lipinski definition) is 6. The number of hydrogen-bond donors (Lipinski definition) is 2. The van der Waals surface area contributed by atoms with Gasteiger partial charge < -0.3 is 19.7 Å². The molecule has 57 heavy (non-hydrogen) atoms. The van der Waals surface area contributed by atoms with Crippen molar-refractivity contribution < 1.29 is 38.9 Å². The van der Waals surface area contributed by atoms with Gasteiger partial charge in [0.1, 0.15) is 0 Å². The van der Waals surface area contributed by atoms with Crippen molar-refractivity contribution in [3.63, 3.8) is 0 Å². The third kappa shape index (κ3) is 63.5. The van der Waals surface area contributed by atoms with E-state index in [1.165, 1.54) is 167 Å². The predicted molar refractivity (Wildman–Crippen MR) is 241 cm³/mol. The van der Waals surface area contributed by atoms with Gasteiger partial charge in [-0.25, -0.2) is 19.2 Å². The quantitative estimate of drug-likeness (QED) is 0.0269. The van der Waals surface area contributed by atoms with E-state index in [2.05, 4.69) is 27.7 Å². The summed E-state index contributed by atoms with van der Waals surface area (Å²) in [5.41, 5.74) is 0. The monoisotopic (exact) mass is 915 g/mol. The first-order valence-corrected chi connectivity index (χ1v) is 27.6. The van der Waals surface area contributed by atoms with E-state index in [0.29, 0.717) is 13.2 Å². The van der Waals surface area contributed by atoms with Crippen LogP contribution in [-0.4, -0.2) is 68.4 Å². The number of esters is 2. The van der Waals surface area contributed by atoms with E-state index in [1.54, 1.807) is 21.7 Å². The van der Waals surface area contributed by atoms with Gasteiger partial charge in [0.25, 0.3) is 0 Å². The first kappa shape index (κ1) is 59.5. The number of carboxylic acids is 2. The summed E-state index contributed by atoms with van der Waals surface area (Å²) in [5, 5.41) is 16.7. The molecule has 0 spiro atoms. The fraction of sp³-hybridized carbons (Fsp3) is 0.833. The molecule has 0 unspecified atom stereocenters. The van der Waals surface area contributed by atoms with Crippen LogP contribution in [0.4, 0.5) is 0 Å². The maximum atomic E-state index is 11.0. The molecule has 0 aliphatic carbocycles. The molecule has 0 saturated heterocycles. The van der Waals surface area contributed by atoms with Gasteiger partial charge in [-0.05, 0) is 12.8 Å². The molecule has 0 aliphatic rings. The average molecular weight is 914 g/mol. The van der Waals surface area contributed by atoms with Crippen molar-refractivity contribution in [2.24, 2.45) is 0 Å². The standard InChI is InChI=1S/2C16H28O4.2C8H17.Sn/c2*1-2-3-4-5-6-7-8-9-10-11-14-20-16(19)13-12-15(17)18;2*1-3-5-7-8-6-4-2;/h2*12-13H,2-11,14H2,1H3,(H,17,18);2*1,3-8H2,2H3;/b2*13-12-;;;. The third-order valence-corrected chi connectivity index (χ3v) is 13.7. The number of aliphatic carboxylic acids is 2. The molecule has 0 saturated carbocycles. The molecular formula is C48H90O8Sn. The van der Waals surface area contributed by atoms with Crippen molar-refractivity contribution in [3.8, 4) is 0 Å². The fourth-order valence-electron chi connectivity index (χ4n) is 6.09. The van der Waals surface area contributed by atoms with Crippen LogP contribution < -0.4 is 0 Å². The summed E-state index contributed by atoms with van der Waals surface area (Å²) in [6.07, 6.45) is 45.9. The molecular weight excluding hydrogens is 823 g/mol. The summed E-state index contributed by atoms with van der Waals surface area (Å²) in [6, 6.07) is 0. The third-order valence-electron chi connectivity index (χ3n) is 9.62. The zero-order chi connectivity index (χ0) is 42.7. The van der Waals surface area contributed by atoms with Crippen molar-refractivity contribution >= 4 is 45.0 Å². The van der Waals surface area contributed by atoms with Crippen molar-refractivity contribution in [1.29, 1.82) is 0 Å². The molecule has 0 rings (SSSR count). The minimum absolute atomic E-state index is 0.0736. The molecule has 0 atom stereocenters. The normalized spacial score (nSPS) is 10.9. The Labute approximate surface area is 361 Å². The first-order chi connectivity index (χ1) is 27.7. The van der Waals surface area contributed by atoms with Gasteiger partial charge in [0.05, 0.1) is 13.2 Å². The summed E-state index contributed by atoms with van der Waals surface area (Å²) in [5.74, 6) is -3.44. The molecule has 8 nitrogen and oxygen atoms in total. The Balaban J connectivity index is -0.000000771. The molecule has 0 bridgehead atoms. The van der Waals surface area contributed by atoms with Crippen molar-refractivity contribution in [2.45, 2.75) is 242 Å². The molecule has 0 aliphatic heterocycles. The molecule has 334 valence electrons. The van der Waals surface area contributed by atoms with Gasteiger partial charge in [-0.15, -0.1) is 0 Å². The van der Waals surface area contributed by atoms with Crippen LogP contribution in [-0.2, 0) is 28.7 Å². The Morgan fingerprint density at radius 3 is 0.825 bits per heavy atom. The van der Waals surface area contributed by atoms with Crippen molar-refractivity contribution in [2.75, 3.05) is 13.2 Å². The Bertz CT molecular complexity index is 848. The van der Waals surface area contributed by atoms with Crippen LogP contribution in [0.2, 0.25) is 8.87 Å². The zero-order valence-electron chi connectivity index (χ0n) is 37.6. The number of unbranched alkanes of at least 4 members (excludes halogenated alkanes) is 28. The number of rotatable bonds is 40. The van der Waals surface area contributed by atoms with E-state index in [9.17, 15) is 19.2 Å². The van der Waals surface area contributed by atoms with E-state index in [0.717, 1.165) is 50.0 Å². The summed E-state index contributed by atoms with van der Waals surface area (Å²) < 4.78 is 13.1. The molecule has 0 heterocycles. The van der Waals surface area contributed by atoms with Gasteiger partial charge >= 0.3 is 145 Å². The van der Waals surface area contributed by atoms with Gasteiger partial charge in [-0.2, -0.15) is 0 Å². The number of carbonyl (C=O) groups excluding carboxylic acids is 2. The van der Waals surface area contributed by atoms with Crippen LogP contribution in [0.5, 0.6) is 0 Å². The fourth-order valence-corrected chi connectivity index (χ4v) is 9.65. The Hall–Kier alpha value is -1.84. The van der Waals surface area contributed by atoms with Crippen LogP contribution in [0.1, 0.15) is 233 Å². The second-order valence-corrected chi connectivity index (χ2v) is 19.6. The second kappa shape index (κ2) is 54.2. The number of ether oxygens (including phenoxy) is 2. The van der Waals surface area contributed by atoms with Crippen LogP contribution in [0.3, 0.4) is 0 Å². The van der Waals surface area contributed by atoms with Gasteiger partial charge in [0, 0.05) is 24.3 Å². The topological polar surface area (TPSA) is 127 Å². The van der Waals surface area contributed by atoms with Crippen molar-refractivity contribution in [3.05, 3.63) is 24.3 Å². The zero-order valence-corrected chi connectivity index (χ0v) is 40.5. The summed E-state index contributed by atoms with van der Waals surface area (Å²) >= 11 is 0.0736. The molecule has 0 aromatic carbocycles. The van der Waals surface area contributed by atoms with Gasteiger partial charge in [-0.1, -0.05) is 129 Å². The van der Waals surface area contributed by atoms with Gasteiger partial charge in [-0.3, -0.25) is 0 Å². The first-order valence-electron chi connectivity index (χ1n) is 23.6. The number of carbonyl (C=O) groups is 4.